The highest BCUT2D eigenvalue weighted by Gasteiger charge is 2.12. The number of nitrogens with one attached hydrogen (secondary N) is 1. The molecule has 0 fully saturated rings. The Morgan fingerprint density at radius 3 is 2.89 bits per heavy atom. The van der Waals surface area contributed by atoms with E-state index in [0.717, 1.165) is 30.7 Å². The standard InChI is InChI=1S/C22H24N2O3S/c1-4-6-10-19-15(3)13-16(21(25)27-19)18-14-28-22(24-18)23-17-9-7-8-11-20(17)26-12-5-2/h7-11,13-14H,3-6,12H2,1-2H3,(H,23,24). The maximum Gasteiger partial charge on any atom is 0.345 e. The lowest BCUT2D eigenvalue weighted by Gasteiger charge is -2.10. The van der Waals surface area contributed by atoms with Crippen LogP contribution in [0.15, 0.2) is 44.9 Å². The molecule has 3 rings (SSSR count). The number of aromatic nitrogens is 1. The SMILES string of the molecule is C=c1cc(-c2csc(Nc3ccccc3OCCC)n2)c(=O)oc1=CCCC. The number of benzene rings is 1. The zero-order chi connectivity index (χ0) is 19.9. The van der Waals surface area contributed by atoms with Gasteiger partial charge in [0, 0.05) is 10.6 Å². The van der Waals surface area contributed by atoms with Gasteiger partial charge in [0.1, 0.15) is 11.2 Å². The number of unbranched alkanes of at least 4 members (excludes halogenated alkanes) is 1. The molecule has 0 saturated carbocycles. The van der Waals surface area contributed by atoms with Crippen molar-refractivity contribution in [2.24, 2.45) is 0 Å². The van der Waals surface area contributed by atoms with Crippen LogP contribution in [0.5, 0.6) is 5.75 Å². The van der Waals surface area contributed by atoms with E-state index in [1.807, 2.05) is 35.7 Å². The van der Waals surface area contributed by atoms with E-state index in [9.17, 15) is 4.79 Å². The number of ether oxygens (including phenoxy) is 1. The number of hydrogen-bond acceptors (Lipinski definition) is 6. The van der Waals surface area contributed by atoms with Crippen LogP contribution in [-0.4, -0.2) is 11.6 Å². The zero-order valence-electron chi connectivity index (χ0n) is 16.2. The van der Waals surface area contributed by atoms with Crippen molar-refractivity contribution < 1.29 is 9.15 Å². The molecule has 146 valence electrons. The van der Waals surface area contributed by atoms with Gasteiger partial charge in [-0.05, 0) is 37.1 Å². The van der Waals surface area contributed by atoms with E-state index in [-0.39, 0.29) is 0 Å². The molecule has 0 spiro atoms. The Hall–Kier alpha value is -2.86. The molecule has 0 bridgehead atoms. The van der Waals surface area contributed by atoms with Gasteiger partial charge in [0.25, 0.3) is 0 Å². The van der Waals surface area contributed by atoms with E-state index in [2.05, 4.69) is 30.7 Å². The first kappa shape index (κ1) is 19.9. The summed E-state index contributed by atoms with van der Waals surface area (Å²) in [5.74, 6) is 0.775. The zero-order valence-corrected chi connectivity index (χ0v) is 17.0. The summed E-state index contributed by atoms with van der Waals surface area (Å²) in [5, 5.41) is 6.46. The second kappa shape index (κ2) is 9.37. The van der Waals surface area contributed by atoms with Crippen LogP contribution in [0.1, 0.15) is 33.1 Å². The average molecular weight is 397 g/mol. The minimum atomic E-state index is -0.404. The molecule has 5 nitrogen and oxygen atoms in total. The third-order valence-electron chi connectivity index (χ3n) is 4.05. The van der Waals surface area contributed by atoms with Crippen LogP contribution in [0.4, 0.5) is 10.8 Å². The number of para-hydroxylation sites is 2. The first-order valence-corrected chi connectivity index (χ1v) is 10.3. The lowest BCUT2D eigenvalue weighted by atomic mass is 10.2. The molecular weight excluding hydrogens is 372 g/mol. The molecule has 0 unspecified atom stereocenters. The lowest BCUT2D eigenvalue weighted by Crippen LogP contribution is -2.28. The Morgan fingerprint density at radius 1 is 1.29 bits per heavy atom. The molecule has 6 heteroatoms. The van der Waals surface area contributed by atoms with Gasteiger partial charge in [0.15, 0.2) is 5.13 Å². The molecule has 0 aliphatic carbocycles. The fourth-order valence-electron chi connectivity index (χ4n) is 2.63. The molecule has 3 aromatic rings. The van der Waals surface area contributed by atoms with Gasteiger partial charge in [-0.15, -0.1) is 11.3 Å². The highest BCUT2D eigenvalue weighted by Crippen LogP contribution is 2.30. The van der Waals surface area contributed by atoms with Crippen LogP contribution in [0.3, 0.4) is 0 Å². The number of anilines is 2. The van der Waals surface area contributed by atoms with Crippen LogP contribution in [0, 0.1) is 0 Å². The van der Waals surface area contributed by atoms with Crippen molar-refractivity contribution in [3.05, 3.63) is 56.8 Å². The van der Waals surface area contributed by atoms with Crippen molar-refractivity contribution in [3.8, 4) is 17.0 Å². The molecule has 28 heavy (non-hydrogen) atoms. The summed E-state index contributed by atoms with van der Waals surface area (Å²) >= 11 is 1.42. The van der Waals surface area contributed by atoms with Crippen LogP contribution in [-0.2, 0) is 0 Å². The summed E-state index contributed by atoms with van der Waals surface area (Å²) in [6.07, 6.45) is 4.66. The third-order valence-corrected chi connectivity index (χ3v) is 4.80. The van der Waals surface area contributed by atoms with Crippen LogP contribution in [0.2, 0.25) is 0 Å². The predicted molar refractivity (Wildman–Crippen MR) is 116 cm³/mol. The number of rotatable bonds is 8. The molecular formula is C22H24N2O3S. The van der Waals surface area contributed by atoms with Crippen LogP contribution in [0.25, 0.3) is 23.9 Å². The minimum absolute atomic E-state index is 0.404. The summed E-state index contributed by atoms with van der Waals surface area (Å²) in [7, 11) is 0. The topological polar surface area (TPSA) is 64.4 Å². The minimum Gasteiger partial charge on any atom is -0.491 e. The summed E-state index contributed by atoms with van der Waals surface area (Å²) in [6, 6.07) is 9.46. The summed E-state index contributed by atoms with van der Waals surface area (Å²) in [4.78, 5) is 17.0. The van der Waals surface area contributed by atoms with E-state index in [4.69, 9.17) is 9.15 Å². The second-order valence-electron chi connectivity index (χ2n) is 6.34. The summed E-state index contributed by atoms with van der Waals surface area (Å²) in [5.41, 5.74) is 1.95. The maximum absolute atomic E-state index is 12.4. The first-order valence-electron chi connectivity index (χ1n) is 9.40. The van der Waals surface area contributed by atoms with Crippen LogP contribution < -0.4 is 26.3 Å². The first-order chi connectivity index (χ1) is 13.6. The Kier molecular flexibility index (Phi) is 6.66. The molecule has 0 aliphatic heterocycles. The maximum atomic E-state index is 12.4. The Bertz CT molecular complexity index is 1100. The second-order valence-corrected chi connectivity index (χ2v) is 7.20. The quantitative estimate of drug-likeness (QED) is 0.615. The number of nitrogens with zero attached hydrogens (tertiary/aromatic N) is 1. The van der Waals surface area contributed by atoms with Crippen molar-refractivity contribution in [2.45, 2.75) is 33.1 Å². The lowest BCUT2D eigenvalue weighted by molar-refractivity contribution is 0.319. The molecule has 1 aromatic carbocycles. The third kappa shape index (κ3) is 4.70. The molecule has 2 aromatic heterocycles. The highest BCUT2D eigenvalue weighted by molar-refractivity contribution is 7.14. The van der Waals surface area contributed by atoms with Gasteiger partial charge >= 0.3 is 5.63 Å². The average Bonchev–Trinajstić information content (AvgIpc) is 3.16. The predicted octanol–water partition coefficient (Wildman–Crippen LogP) is 4.29. The van der Waals surface area contributed by atoms with Gasteiger partial charge in [-0.2, -0.15) is 0 Å². The van der Waals surface area contributed by atoms with E-state index in [0.29, 0.717) is 33.6 Å². The summed E-state index contributed by atoms with van der Waals surface area (Å²) in [6.45, 7) is 8.78. The van der Waals surface area contributed by atoms with Gasteiger partial charge in [-0.25, -0.2) is 9.78 Å². The van der Waals surface area contributed by atoms with Gasteiger partial charge in [0.2, 0.25) is 0 Å². The van der Waals surface area contributed by atoms with Crippen molar-refractivity contribution >= 4 is 34.8 Å². The fourth-order valence-corrected chi connectivity index (χ4v) is 3.35. The fraction of sp³-hybridized carbons (Fsp3) is 0.273. The van der Waals surface area contributed by atoms with E-state index >= 15 is 0 Å². The van der Waals surface area contributed by atoms with E-state index in [1.54, 1.807) is 6.07 Å². The van der Waals surface area contributed by atoms with E-state index < -0.39 is 5.63 Å². The normalized spacial score (nSPS) is 11.6. The highest BCUT2D eigenvalue weighted by atomic mass is 32.1. The van der Waals surface area contributed by atoms with Gasteiger partial charge in [-0.3, -0.25) is 0 Å². The van der Waals surface area contributed by atoms with Gasteiger partial charge in [-0.1, -0.05) is 39.0 Å². The monoisotopic (exact) mass is 396 g/mol. The molecule has 0 atom stereocenters. The summed E-state index contributed by atoms with van der Waals surface area (Å²) < 4.78 is 11.2. The van der Waals surface area contributed by atoms with Crippen molar-refractivity contribution in [1.29, 1.82) is 0 Å². The molecule has 0 amide bonds. The largest absolute Gasteiger partial charge is 0.491 e. The van der Waals surface area contributed by atoms with Crippen molar-refractivity contribution in [1.82, 2.24) is 4.98 Å². The van der Waals surface area contributed by atoms with E-state index in [1.165, 1.54) is 11.3 Å². The molecule has 0 aliphatic rings. The Balaban J connectivity index is 1.87. The van der Waals surface area contributed by atoms with Gasteiger partial charge < -0.3 is 14.5 Å². The Morgan fingerprint density at radius 2 is 2.11 bits per heavy atom. The molecule has 0 radical (unpaired) electrons. The van der Waals surface area contributed by atoms with Crippen molar-refractivity contribution in [3.63, 3.8) is 0 Å². The smallest absolute Gasteiger partial charge is 0.345 e. The van der Waals surface area contributed by atoms with Gasteiger partial charge in [0.05, 0.1) is 23.6 Å². The Labute approximate surface area is 168 Å². The number of thiazole rings is 1. The van der Waals surface area contributed by atoms with Crippen LogP contribution >= 0.6 is 11.3 Å². The van der Waals surface area contributed by atoms with Crippen molar-refractivity contribution in [2.75, 3.05) is 11.9 Å². The molecule has 2 heterocycles. The molecule has 0 saturated heterocycles. The molecule has 1 N–H and O–H groups in total. The number of hydrogen-bond donors (Lipinski definition) is 1.